The second kappa shape index (κ2) is 7.26. The first kappa shape index (κ1) is 17.5. The first-order valence-corrected chi connectivity index (χ1v) is 9.64. The largest absolute Gasteiger partial charge is 0.333 e. The standard InChI is InChI=1S/C21H32N2O/c1-4-18(3)22-14-5-11-21(13-15-22)12-10-20(24)23(21)16-19-8-6-17(2)7-9-19/h6-9,18H,4-5,10-16H2,1-3H3/t18-,21-/m0/s1. The van der Waals surface area contributed by atoms with E-state index in [-0.39, 0.29) is 5.54 Å². The Balaban J connectivity index is 1.75. The Labute approximate surface area is 147 Å². The zero-order valence-electron chi connectivity index (χ0n) is 15.6. The van der Waals surface area contributed by atoms with E-state index in [9.17, 15) is 4.79 Å². The minimum absolute atomic E-state index is 0.101. The molecule has 1 spiro atoms. The Morgan fingerprint density at radius 1 is 1.12 bits per heavy atom. The fraction of sp³-hybridized carbons (Fsp3) is 0.667. The van der Waals surface area contributed by atoms with Crippen LogP contribution in [0.1, 0.15) is 63.5 Å². The van der Waals surface area contributed by atoms with Gasteiger partial charge in [-0.3, -0.25) is 4.79 Å². The van der Waals surface area contributed by atoms with Crippen LogP contribution >= 0.6 is 0 Å². The lowest BCUT2D eigenvalue weighted by Crippen LogP contribution is -2.46. The van der Waals surface area contributed by atoms with Gasteiger partial charge in [0, 0.05) is 31.1 Å². The molecule has 0 aromatic heterocycles. The summed E-state index contributed by atoms with van der Waals surface area (Å²) in [5, 5.41) is 0. The van der Waals surface area contributed by atoms with Crippen molar-refractivity contribution in [2.75, 3.05) is 13.1 Å². The fourth-order valence-electron chi connectivity index (χ4n) is 4.42. The predicted molar refractivity (Wildman–Crippen MR) is 98.9 cm³/mol. The number of benzene rings is 1. The SMILES string of the molecule is CC[C@H](C)N1CCC[C@]2(CCC(=O)N2Cc2ccc(C)cc2)CC1. The van der Waals surface area contributed by atoms with Crippen molar-refractivity contribution >= 4 is 5.91 Å². The minimum atomic E-state index is 0.101. The van der Waals surface area contributed by atoms with Crippen LogP contribution in [0.5, 0.6) is 0 Å². The second-order valence-corrected chi connectivity index (χ2v) is 7.84. The van der Waals surface area contributed by atoms with Crippen LogP contribution in [0.15, 0.2) is 24.3 Å². The van der Waals surface area contributed by atoms with E-state index >= 15 is 0 Å². The third-order valence-corrected chi connectivity index (χ3v) is 6.31. The molecule has 2 heterocycles. The molecule has 0 radical (unpaired) electrons. The van der Waals surface area contributed by atoms with Crippen LogP contribution < -0.4 is 0 Å². The lowest BCUT2D eigenvalue weighted by molar-refractivity contribution is -0.132. The van der Waals surface area contributed by atoms with Crippen LogP contribution in [0, 0.1) is 6.92 Å². The van der Waals surface area contributed by atoms with Gasteiger partial charge in [0.15, 0.2) is 0 Å². The Morgan fingerprint density at radius 2 is 1.88 bits per heavy atom. The highest BCUT2D eigenvalue weighted by Gasteiger charge is 2.45. The van der Waals surface area contributed by atoms with Crippen molar-refractivity contribution in [1.82, 2.24) is 9.80 Å². The first-order valence-electron chi connectivity index (χ1n) is 9.64. The predicted octanol–water partition coefficient (Wildman–Crippen LogP) is 4.14. The lowest BCUT2D eigenvalue weighted by Gasteiger charge is -2.38. The molecule has 3 heteroatoms. The zero-order chi connectivity index (χ0) is 17.2. The molecule has 3 rings (SSSR count). The van der Waals surface area contributed by atoms with Crippen molar-refractivity contribution in [1.29, 1.82) is 0 Å². The van der Waals surface area contributed by atoms with Gasteiger partial charge < -0.3 is 9.80 Å². The molecule has 1 aromatic carbocycles. The van der Waals surface area contributed by atoms with E-state index in [2.05, 4.69) is 54.8 Å². The molecule has 1 aromatic rings. The molecule has 0 saturated carbocycles. The normalized spacial score (nSPS) is 26.8. The topological polar surface area (TPSA) is 23.6 Å². The molecule has 0 aliphatic carbocycles. The van der Waals surface area contributed by atoms with E-state index in [1.54, 1.807) is 0 Å². The molecule has 2 saturated heterocycles. The average molecular weight is 329 g/mol. The van der Waals surface area contributed by atoms with Gasteiger partial charge in [0.2, 0.25) is 5.91 Å². The summed E-state index contributed by atoms with van der Waals surface area (Å²) in [6.07, 6.45) is 6.49. The lowest BCUT2D eigenvalue weighted by atomic mass is 9.87. The number of likely N-dealkylation sites (tertiary alicyclic amines) is 2. The number of hydrogen-bond donors (Lipinski definition) is 0. The minimum Gasteiger partial charge on any atom is -0.333 e. The number of nitrogens with zero attached hydrogens (tertiary/aromatic N) is 2. The van der Waals surface area contributed by atoms with Crippen LogP contribution in [0.3, 0.4) is 0 Å². The van der Waals surface area contributed by atoms with Gasteiger partial charge in [-0.05, 0) is 58.1 Å². The molecule has 2 aliphatic rings. The highest BCUT2D eigenvalue weighted by atomic mass is 16.2. The molecule has 0 N–H and O–H groups in total. The summed E-state index contributed by atoms with van der Waals surface area (Å²) >= 11 is 0. The third-order valence-electron chi connectivity index (χ3n) is 6.31. The van der Waals surface area contributed by atoms with E-state index in [1.165, 1.54) is 30.5 Å². The summed E-state index contributed by atoms with van der Waals surface area (Å²) < 4.78 is 0. The Hall–Kier alpha value is -1.35. The molecular weight excluding hydrogens is 296 g/mol. The molecule has 2 aliphatic heterocycles. The highest BCUT2D eigenvalue weighted by Crippen LogP contribution is 2.40. The Morgan fingerprint density at radius 3 is 2.58 bits per heavy atom. The maximum atomic E-state index is 12.6. The summed E-state index contributed by atoms with van der Waals surface area (Å²) in [7, 11) is 0. The number of carbonyl (C=O) groups excluding carboxylic acids is 1. The van der Waals surface area contributed by atoms with Crippen molar-refractivity contribution in [3.63, 3.8) is 0 Å². The van der Waals surface area contributed by atoms with Crippen molar-refractivity contribution in [3.05, 3.63) is 35.4 Å². The first-order chi connectivity index (χ1) is 11.5. The molecule has 1 amide bonds. The summed E-state index contributed by atoms with van der Waals surface area (Å²) in [4.78, 5) is 17.5. The van der Waals surface area contributed by atoms with Crippen molar-refractivity contribution < 1.29 is 4.79 Å². The van der Waals surface area contributed by atoms with Crippen LogP contribution in [0.2, 0.25) is 0 Å². The van der Waals surface area contributed by atoms with E-state index in [1.807, 2.05) is 0 Å². The number of amides is 1. The smallest absolute Gasteiger partial charge is 0.223 e. The van der Waals surface area contributed by atoms with Gasteiger partial charge in [-0.25, -0.2) is 0 Å². The third kappa shape index (κ3) is 3.51. The number of carbonyl (C=O) groups is 1. The molecule has 3 nitrogen and oxygen atoms in total. The number of hydrogen-bond acceptors (Lipinski definition) is 2. The van der Waals surface area contributed by atoms with Gasteiger partial charge >= 0.3 is 0 Å². The van der Waals surface area contributed by atoms with E-state index < -0.39 is 0 Å². The number of rotatable bonds is 4. The van der Waals surface area contributed by atoms with Crippen molar-refractivity contribution in [2.24, 2.45) is 0 Å². The van der Waals surface area contributed by atoms with Crippen LogP contribution in [-0.2, 0) is 11.3 Å². The summed E-state index contributed by atoms with van der Waals surface area (Å²) in [5.74, 6) is 0.354. The van der Waals surface area contributed by atoms with Crippen LogP contribution in [0.4, 0.5) is 0 Å². The zero-order valence-corrected chi connectivity index (χ0v) is 15.6. The average Bonchev–Trinajstić information content (AvgIpc) is 2.76. The van der Waals surface area contributed by atoms with E-state index in [0.29, 0.717) is 11.9 Å². The summed E-state index contributed by atoms with van der Waals surface area (Å²) in [5.41, 5.74) is 2.64. The molecule has 0 bridgehead atoms. The molecule has 2 atom stereocenters. The number of aryl methyl sites for hydroxylation is 1. The van der Waals surface area contributed by atoms with Crippen molar-refractivity contribution in [2.45, 2.75) is 77.4 Å². The van der Waals surface area contributed by atoms with Crippen LogP contribution in [-0.4, -0.2) is 40.4 Å². The van der Waals surface area contributed by atoms with Gasteiger partial charge in [0.05, 0.1) is 0 Å². The summed E-state index contributed by atoms with van der Waals surface area (Å²) in [6.45, 7) is 9.81. The van der Waals surface area contributed by atoms with Gasteiger partial charge in [-0.15, -0.1) is 0 Å². The van der Waals surface area contributed by atoms with E-state index in [0.717, 1.165) is 38.8 Å². The molecule has 2 fully saturated rings. The quantitative estimate of drug-likeness (QED) is 0.829. The van der Waals surface area contributed by atoms with Gasteiger partial charge in [-0.1, -0.05) is 36.8 Å². The fourth-order valence-corrected chi connectivity index (χ4v) is 4.42. The Kier molecular flexibility index (Phi) is 5.29. The summed E-state index contributed by atoms with van der Waals surface area (Å²) in [6, 6.07) is 9.32. The Bertz CT molecular complexity index is 568. The van der Waals surface area contributed by atoms with Crippen LogP contribution in [0.25, 0.3) is 0 Å². The molecule has 132 valence electrons. The monoisotopic (exact) mass is 328 g/mol. The second-order valence-electron chi connectivity index (χ2n) is 7.84. The van der Waals surface area contributed by atoms with Gasteiger partial charge in [0.25, 0.3) is 0 Å². The highest BCUT2D eigenvalue weighted by molar-refractivity contribution is 5.79. The maximum Gasteiger partial charge on any atom is 0.223 e. The molecule has 0 unspecified atom stereocenters. The van der Waals surface area contributed by atoms with Gasteiger partial charge in [-0.2, -0.15) is 0 Å². The van der Waals surface area contributed by atoms with E-state index in [4.69, 9.17) is 0 Å². The molecular formula is C21H32N2O. The molecule has 24 heavy (non-hydrogen) atoms. The van der Waals surface area contributed by atoms with Gasteiger partial charge in [0.1, 0.15) is 0 Å². The maximum absolute atomic E-state index is 12.6. The van der Waals surface area contributed by atoms with Crippen molar-refractivity contribution in [3.8, 4) is 0 Å².